The second-order valence-corrected chi connectivity index (χ2v) is 7.28. The predicted molar refractivity (Wildman–Crippen MR) is 78.5 cm³/mol. The van der Waals surface area contributed by atoms with Crippen LogP contribution in [0.2, 0.25) is 0 Å². The van der Waals surface area contributed by atoms with Crippen LogP contribution in [0, 0.1) is 6.92 Å². The molecule has 0 bridgehead atoms. The van der Waals surface area contributed by atoms with E-state index >= 15 is 0 Å². The molecule has 0 aliphatic carbocycles. The van der Waals surface area contributed by atoms with E-state index in [1.807, 2.05) is 0 Å². The third kappa shape index (κ3) is 2.88. The highest BCUT2D eigenvalue weighted by atomic mass is 35.5. The van der Waals surface area contributed by atoms with Crippen molar-refractivity contribution >= 4 is 21.6 Å². The van der Waals surface area contributed by atoms with Gasteiger partial charge < -0.3 is 4.42 Å². The van der Waals surface area contributed by atoms with Crippen LogP contribution in [0.15, 0.2) is 15.4 Å². The first kappa shape index (κ1) is 15.8. The molecule has 0 amide bonds. The van der Waals surface area contributed by atoms with Crippen molar-refractivity contribution in [2.45, 2.75) is 37.6 Å². The molecule has 0 saturated carbocycles. The minimum Gasteiger partial charge on any atom is -0.464 e. The molecule has 20 heavy (non-hydrogen) atoms. The Morgan fingerprint density at radius 1 is 1.45 bits per heavy atom. The molecule has 1 aromatic rings. The number of rotatable bonds is 4. The third-order valence-electron chi connectivity index (χ3n) is 3.81. The van der Waals surface area contributed by atoms with Gasteiger partial charge in [-0.15, -0.1) is 11.6 Å². The second kappa shape index (κ2) is 6.05. The summed E-state index contributed by atoms with van der Waals surface area (Å²) in [5, 5.41) is 0. The first-order valence-electron chi connectivity index (χ1n) is 6.79. The maximum absolute atomic E-state index is 12.7. The number of halogens is 1. The Bertz CT molecular complexity index is 570. The molecule has 1 saturated heterocycles. The number of piperazine rings is 1. The lowest BCUT2D eigenvalue weighted by Crippen LogP contribution is -2.53. The van der Waals surface area contributed by atoms with Crippen molar-refractivity contribution in [3.63, 3.8) is 0 Å². The van der Waals surface area contributed by atoms with E-state index in [4.69, 9.17) is 16.0 Å². The monoisotopic (exact) mass is 320 g/mol. The molecule has 5 nitrogen and oxygen atoms in total. The maximum atomic E-state index is 12.7. The van der Waals surface area contributed by atoms with Gasteiger partial charge in [0.05, 0.1) is 5.88 Å². The highest BCUT2D eigenvalue weighted by Gasteiger charge is 2.33. The van der Waals surface area contributed by atoms with Crippen LogP contribution in [-0.2, 0) is 15.9 Å². The van der Waals surface area contributed by atoms with Gasteiger partial charge in [-0.25, -0.2) is 8.42 Å². The molecule has 1 fully saturated rings. The standard InChI is InChI=1S/C13H21ClN2O3S/c1-4-15-5-6-16(9-10(15)2)20(17,18)13-7-12(8-14)19-11(13)3/h7,10H,4-6,8-9H2,1-3H3. The van der Waals surface area contributed by atoms with E-state index in [-0.39, 0.29) is 16.8 Å². The fraction of sp³-hybridized carbons (Fsp3) is 0.692. The lowest BCUT2D eigenvalue weighted by molar-refractivity contribution is 0.135. The van der Waals surface area contributed by atoms with E-state index in [1.165, 1.54) is 6.07 Å². The lowest BCUT2D eigenvalue weighted by atomic mass is 10.2. The van der Waals surface area contributed by atoms with E-state index < -0.39 is 10.0 Å². The molecule has 0 radical (unpaired) electrons. The van der Waals surface area contributed by atoms with Crippen LogP contribution < -0.4 is 0 Å². The molecular formula is C13H21ClN2O3S. The first-order valence-corrected chi connectivity index (χ1v) is 8.77. The molecule has 1 aromatic heterocycles. The van der Waals surface area contributed by atoms with Crippen molar-refractivity contribution in [3.05, 3.63) is 17.6 Å². The van der Waals surface area contributed by atoms with Crippen LogP contribution in [0.3, 0.4) is 0 Å². The van der Waals surface area contributed by atoms with Crippen LogP contribution in [0.1, 0.15) is 25.4 Å². The summed E-state index contributed by atoms with van der Waals surface area (Å²) in [6, 6.07) is 1.76. The molecule has 1 aliphatic rings. The number of hydrogen-bond donors (Lipinski definition) is 0. The Labute approximate surface area is 125 Å². The van der Waals surface area contributed by atoms with Crippen LogP contribution in [0.4, 0.5) is 0 Å². The summed E-state index contributed by atoms with van der Waals surface area (Å²) in [6.07, 6.45) is 0. The summed E-state index contributed by atoms with van der Waals surface area (Å²) in [5.74, 6) is 1.07. The van der Waals surface area contributed by atoms with Crippen LogP contribution in [0.5, 0.6) is 0 Å². The fourth-order valence-corrected chi connectivity index (χ4v) is 4.46. The zero-order valence-electron chi connectivity index (χ0n) is 12.1. The molecule has 0 N–H and O–H groups in total. The molecule has 0 spiro atoms. The van der Waals surface area contributed by atoms with Crippen molar-refractivity contribution in [1.82, 2.24) is 9.21 Å². The Kier molecular flexibility index (Phi) is 4.79. The number of sulfonamides is 1. The van der Waals surface area contributed by atoms with Gasteiger partial charge in [0.2, 0.25) is 10.0 Å². The van der Waals surface area contributed by atoms with Gasteiger partial charge in [0.25, 0.3) is 0 Å². The van der Waals surface area contributed by atoms with Crippen LogP contribution in [-0.4, -0.2) is 49.8 Å². The largest absolute Gasteiger partial charge is 0.464 e. The van der Waals surface area contributed by atoms with E-state index in [9.17, 15) is 8.42 Å². The molecule has 2 rings (SSSR count). The van der Waals surface area contributed by atoms with E-state index in [2.05, 4.69) is 18.7 Å². The molecule has 1 aliphatic heterocycles. The lowest BCUT2D eigenvalue weighted by Gasteiger charge is -2.38. The third-order valence-corrected chi connectivity index (χ3v) is 6.04. The van der Waals surface area contributed by atoms with Crippen molar-refractivity contribution in [3.8, 4) is 0 Å². The average Bonchev–Trinajstić information content (AvgIpc) is 2.80. The predicted octanol–water partition coefficient (Wildman–Crippen LogP) is 2.04. The van der Waals surface area contributed by atoms with Crippen molar-refractivity contribution < 1.29 is 12.8 Å². The van der Waals surface area contributed by atoms with E-state index in [0.717, 1.165) is 13.1 Å². The van der Waals surface area contributed by atoms with E-state index in [0.29, 0.717) is 24.6 Å². The minimum atomic E-state index is -3.49. The molecule has 1 unspecified atom stereocenters. The quantitative estimate of drug-likeness (QED) is 0.797. The molecule has 2 heterocycles. The van der Waals surface area contributed by atoms with Crippen LogP contribution >= 0.6 is 11.6 Å². The van der Waals surface area contributed by atoms with Gasteiger partial charge in [0.1, 0.15) is 16.4 Å². The Balaban J connectivity index is 2.25. The summed E-state index contributed by atoms with van der Waals surface area (Å²) < 4.78 is 32.3. The highest BCUT2D eigenvalue weighted by molar-refractivity contribution is 7.89. The summed E-state index contributed by atoms with van der Waals surface area (Å²) in [5.41, 5.74) is 0. The molecule has 1 atom stereocenters. The minimum absolute atomic E-state index is 0.177. The number of alkyl halides is 1. The molecular weight excluding hydrogens is 300 g/mol. The van der Waals surface area contributed by atoms with Crippen molar-refractivity contribution in [2.24, 2.45) is 0 Å². The van der Waals surface area contributed by atoms with Gasteiger partial charge in [-0.2, -0.15) is 4.31 Å². The summed E-state index contributed by atoms with van der Waals surface area (Å²) in [7, 11) is -3.49. The number of furan rings is 1. The summed E-state index contributed by atoms with van der Waals surface area (Å²) in [6.45, 7) is 8.53. The van der Waals surface area contributed by atoms with Gasteiger partial charge in [0, 0.05) is 31.7 Å². The summed E-state index contributed by atoms with van der Waals surface area (Å²) in [4.78, 5) is 2.52. The summed E-state index contributed by atoms with van der Waals surface area (Å²) >= 11 is 5.70. The smallest absolute Gasteiger partial charge is 0.246 e. The number of nitrogens with zero attached hydrogens (tertiary/aromatic N) is 2. The normalized spacial score (nSPS) is 22.3. The fourth-order valence-electron chi connectivity index (χ4n) is 2.64. The van der Waals surface area contributed by atoms with Crippen molar-refractivity contribution in [2.75, 3.05) is 26.2 Å². The Morgan fingerprint density at radius 3 is 2.65 bits per heavy atom. The SMILES string of the molecule is CCN1CCN(S(=O)(=O)c2cc(CCl)oc2C)CC1C. The average molecular weight is 321 g/mol. The zero-order chi connectivity index (χ0) is 14.9. The number of hydrogen-bond acceptors (Lipinski definition) is 4. The van der Waals surface area contributed by atoms with Gasteiger partial charge >= 0.3 is 0 Å². The van der Waals surface area contributed by atoms with Gasteiger partial charge in [-0.3, -0.25) is 4.90 Å². The van der Waals surface area contributed by atoms with Gasteiger partial charge in [-0.1, -0.05) is 6.92 Å². The Hall–Kier alpha value is -0.560. The second-order valence-electron chi connectivity index (χ2n) is 5.11. The molecule has 0 aromatic carbocycles. The van der Waals surface area contributed by atoms with Gasteiger partial charge in [-0.05, 0) is 20.4 Å². The number of likely N-dealkylation sites (N-methyl/N-ethyl adjacent to an activating group) is 1. The van der Waals surface area contributed by atoms with Gasteiger partial charge in [0.15, 0.2) is 0 Å². The first-order chi connectivity index (χ1) is 9.40. The van der Waals surface area contributed by atoms with Crippen LogP contribution in [0.25, 0.3) is 0 Å². The molecule has 7 heteroatoms. The van der Waals surface area contributed by atoms with Crippen molar-refractivity contribution in [1.29, 1.82) is 0 Å². The Morgan fingerprint density at radius 2 is 2.15 bits per heavy atom. The topological polar surface area (TPSA) is 53.8 Å². The number of aryl methyl sites for hydroxylation is 1. The molecule has 114 valence electrons. The highest BCUT2D eigenvalue weighted by Crippen LogP contribution is 2.26. The maximum Gasteiger partial charge on any atom is 0.246 e. The zero-order valence-corrected chi connectivity index (χ0v) is 13.7. The van der Waals surface area contributed by atoms with E-state index in [1.54, 1.807) is 11.2 Å².